The number of rotatable bonds is 4. The highest BCUT2D eigenvalue weighted by molar-refractivity contribution is 7.05. The van der Waals surface area contributed by atoms with E-state index in [-0.39, 0.29) is 5.63 Å². The standard InChI is InChI=1S/C17H19N3O2S/c1-10(2)17-18-15(23-19-17)9-20(4)12-5-6-13-11(3)7-16(21)22-14(13)8-12/h5-8,10H,9H2,1-4H3. The zero-order valence-electron chi connectivity index (χ0n) is 13.7. The van der Waals surface area contributed by atoms with Crippen molar-refractivity contribution in [1.29, 1.82) is 0 Å². The lowest BCUT2D eigenvalue weighted by Crippen LogP contribution is -2.16. The molecular weight excluding hydrogens is 310 g/mol. The maximum Gasteiger partial charge on any atom is 0.336 e. The van der Waals surface area contributed by atoms with Gasteiger partial charge in [-0.2, -0.15) is 4.37 Å². The van der Waals surface area contributed by atoms with Crippen LogP contribution >= 0.6 is 11.5 Å². The fraction of sp³-hybridized carbons (Fsp3) is 0.353. The van der Waals surface area contributed by atoms with E-state index in [4.69, 9.17) is 4.42 Å². The smallest absolute Gasteiger partial charge is 0.336 e. The summed E-state index contributed by atoms with van der Waals surface area (Å²) in [6.45, 7) is 6.76. The van der Waals surface area contributed by atoms with E-state index in [0.29, 0.717) is 18.0 Å². The number of aryl methyl sites for hydroxylation is 1. The van der Waals surface area contributed by atoms with Gasteiger partial charge in [-0.1, -0.05) is 13.8 Å². The van der Waals surface area contributed by atoms with Gasteiger partial charge in [-0.25, -0.2) is 9.78 Å². The van der Waals surface area contributed by atoms with E-state index < -0.39 is 0 Å². The molecule has 120 valence electrons. The molecule has 1 aromatic carbocycles. The third-order valence-corrected chi connectivity index (χ3v) is 4.46. The lowest BCUT2D eigenvalue weighted by atomic mass is 10.1. The molecule has 0 saturated heterocycles. The predicted molar refractivity (Wildman–Crippen MR) is 93.3 cm³/mol. The second-order valence-corrected chi connectivity index (χ2v) is 6.82. The minimum Gasteiger partial charge on any atom is -0.423 e. The second kappa shape index (κ2) is 6.12. The van der Waals surface area contributed by atoms with Gasteiger partial charge in [0.25, 0.3) is 0 Å². The number of aromatic nitrogens is 2. The molecule has 0 unspecified atom stereocenters. The number of hydrogen-bond acceptors (Lipinski definition) is 6. The summed E-state index contributed by atoms with van der Waals surface area (Å²) >= 11 is 1.43. The molecule has 0 amide bonds. The van der Waals surface area contributed by atoms with Crippen molar-refractivity contribution in [3.8, 4) is 0 Å². The molecule has 0 aliphatic heterocycles. The van der Waals surface area contributed by atoms with Crippen LogP contribution in [0.1, 0.15) is 36.2 Å². The van der Waals surface area contributed by atoms with Crippen molar-refractivity contribution in [3.63, 3.8) is 0 Å². The second-order valence-electron chi connectivity index (χ2n) is 5.99. The van der Waals surface area contributed by atoms with Crippen LogP contribution < -0.4 is 10.5 Å². The van der Waals surface area contributed by atoms with E-state index in [0.717, 1.165) is 27.5 Å². The Morgan fingerprint density at radius 2 is 2.09 bits per heavy atom. The monoisotopic (exact) mass is 329 g/mol. The first-order chi connectivity index (χ1) is 10.9. The molecule has 0 N–H and O–H groups in total. The molecule has 2 aromatic heterocycles. The van der Waals surface area contributed by atoms with Crippen LogP contribution in [0.2, 0.25) is 0 Å². The maximum absolute atomic E-state index is 11.5. The van der Waals surface area contributed by atoms with Crippen LogP contribution in [-0.2, 0) is 6.54 Å². The zero-order chi connectivity index (χ0) is 16.6. The number of anilines is 1. The molecule has 3 rings (SSSR count). The highest BCUT2D eigenvalue weighted by Gasteiger charge is 2.11. The van der Waals surface area contributed by atoms with Crippen molar-refractivity contribution in [1.82, 2.24) is 9.36 Å². The first-order valence-electron chi connectivity index (χ1n) is 7.52. The fourth-order valence-corrected chi connectivity index (χ4v) is 3.25. The Morgan fingerprint density at radius 3 is 2.78 bits per heavy atom. The maximum atomic E-state index is 11.5. The average molecular weight is 329 g/mol. The molecule has 3 aromatic rings. The largest absolute Gasteiger partial charge is 0.423 e. The first-order valence-corrected chi connectivity index (χ1v) is 8.29. The Kier molecular flexibility index (Phi) is 4.17. The lowest BCUT2D eigenvalue weighted by Gasteiger charge is -2.18. The fourth-order valence-electron chi connectivity index (χ4n) is 2.41. The summed E-state index contributed by atoms with van der Waals surface area (Å²) in [5.41, 5.74) is 2.20. The molecule has 0 atom stereocenters. The van der Waals surface area contributed by atoms with Crippen molar-refractivity contribution in [2.45, 2.75) is 33.2 Å². The van der Waals surface area contributed by atoms with Gasteiger partial charge in [0.05, 0.1) is 6.54 Å². The molecule has 0 saturated carbocycles. The molecule has 0 bridgehead atoms. The van der Waals surface area contributed by atoms with E-state index in [1.165, 1.54) is 17.6 Å². The highest BCUT2D eigenvalue weighted by Crippen LogP contribution is 2.24. The molecule has 0 spiro atoms. The molecule has 0 aliphatic carbocycles. The van der Waals surface area contributed by atoms with Gasteiger partial charge in [0.15, 0.2) is 0 Å². The Hall–Kier alpha value is -2.21. The number of fused-ring (bicyclic) bond motifs is 1. The van der Waals surface area contributed by atoms with Crippen molar-refractivity contribution < 1.29 is 4.42 Å². The first kappa shape index (κ1) is 15.7. The van der Waals surface area contributed by atoms with Crippen LogP contribution in [-0.4, -0.2) is 16.4 Å². The van der Waals surface area contributed by atoms with Crippen molar-refractivity contribution in [2.24, 2.45) is 0 Å². The Labute approximate surface area is 138 Å². The van der Waals surface area contributed by atoms with E-state index in [9.17, 15) is 4.79 Å². The molecule has 5 nitrogen and oxygen atoms in total. The van der Waals surface area contributed by atoms with Crippen LogP contribution in [0.5, 0.6) is 0 Å². The molecule has 23 heavy (non-hydrogen) atoms. The van der Waals surface area contributed by atoms with E-state index in [2.05, 4.69) is 28.1 Å². The molecule has 0 fully saturated rings. The van der Waals surface area contributed by atoms with Gasteiger partial charge in [-0.05, 0) is 36.2 Å². The molecular formula is C17H19N3O2S. The predicted octanol–water partition coefficient (Wildman–Crippen LogP) is 3.71. The van der Waals surface area contributed by atoms with Crippen LogP contribution in [0.3, 0.4) is 0 Å². The van der Waals surface area contributed by atoms with E-state index >= 15 is 0 Å². The Bertz CT molecular complexity index is 898. The lowest BCUT2D eigenvalue weighted by molar-refractivity contribution is 0.560. The van der Waals surface area contributed by atoms with Crippen LogP contribution in [0.15, 0.2) is 33.5 Å². The third-order valence-electron chi connectivity index (χ3n) is 3.75. The molecule has 2 heterocycles. The van der Waals surface area contributed by atoms with Gasteiger partial charge < -0.3 is 9.32 Å². The highest BCUT2D eigenvalue weighted by atomic mass is 32.1. The van der Waals surface area contributed by atoms with Crippen molar-refractivity contribution in [2.75, 3.05) is 11.9 Å². The van der Waals surface area contributed by atoms with Crippen LogP contribution in [0.25, 0.3) is 11.0 Å². The van der Waals surface area contributed by atoms with Crippen LogP contribution in [0.4, 0.5) is 5.69 Å². The number of benzene rings is 1. The molecule has 6 heteroatoms. The van der Waals surface area contributed by atoms with Gasteiger partial charge in [-0.15, -0.1) is 0 Å². The van der Waals surface area contributed by atoms with Crippen molar-refractivity contribution >= 4 is 28.2 Å². The average Bonchev–Trinajstić information content (AvgIpc) is 2.95. The summed E-state index contributed by atoms with van der Waals surface area (Å²) in [7, 11) is 1.99. The Balaban J connectivity index is 1.88. The summed E-state index contributed by atoms with van der Waals surface area (Å²) in [5.74, 6) is 1.22. The molecule has 0 radical (unpaired) electrons. The summed E-state index contributed by atoms with van der Waals surface area (Å²) in [6.07, 6.45) is 0. The normalized spacial score (nSPS) is 11.3. The SMILES string of the molecule is Cc1cc(=O)oc2cc(N(C)Cc3nc(C(C)C)ns3)ccc12. The summed E-state index contributed by atoms with van der Waals surface area (Å²) in [4.78, 5) is 18.2. The third kappa shape index (κ3) is 3.27. The topological polar surface area (TPSA) is 59.2 Å². The summed E-state index contributed by atoms with van der Waals surface area (Å²) in [5, 5.41) is 1.93. The quantitative estimate of drug-likeness (QED) is 0.683. The van der Waals surface area contributed by atoms with Gasteiger partial charge in [0.2, 0.25) is 0 Å². The minimum absolute atomic E-state index is 0.319. The minimum atomic E-state index is -0.319. The van der Waals surface area contributed by atoms with Crippen LogP contribution in [0, 0.1) is 6.92 Å². The number of hydrogen-bond donors (Lipinski definition) is 0. The Morgan fingerprint density at radius 1 is 1.30 bits per heavy atom. The summed E-state index contributed by atoms with van der Waals surface area (Å²) < 4.78 is 9.69. The number of nitrogens with zero attached hydrogens (tertiary/aromatic N) is 3. The van der Waals surface area contributed by atoms with Gasteiger partial charge >= 0.3 is 5.63 Å². The van der Waals surface area contributed by atoms with Crippen molar-refractivity contribution in [3.05, 3.63) is 51.1 Å². The van der Waals surface area contributed by atoms with Gasteiger partial charge in [0.1, 0.15) is 16.4 Å². The van der Waals surface area contributed by atoms with Gasteiger partial charge in [0, 0.05) is 36.2 Å². The summed E-state index contributed by atoms with van der Waals surface area (Å²) in [6, 6.07) is 7.42. The van der Waals surface area contributed by atoms with E-state index in [1.807, 2.05) is 32.2 Å². The molecule has 0 aliphatic rings. The zero-order valence-corrected chi connectivity index (χ0v) is 14.5. The van der Waals surface area contributed by atoms with E-state index in [1.54, 1.807) is 0 Å². The van der Waals surface area contributed by atoms with Gasteiger partial charge in [-0.3, -0.25) is 0 Å².